The van der Waals surface area contributed by atoms with E-state index in [-0.39, 0.29) is 11.5 Å². The van der Waals surface area contributed by atoms with Crippen molar-refractivity contribution >= 4 is 10.0 Å². The molecule has 0 radical (unpaired) electrons. The van der Waals surface area contributed by atoms with Gasteiger partial charge in [0.25, 0.3) is 0 Å². The first kappa shape index (κ1) is 16.0. The van der Waals surface area contributed by atoms with Gasteiger partial charge >= 0.3 is 0 Å². The molecule has 4 heteroatoms. The summed E-state index contributed by atoms with van der Waals surface area (Å²) >= 11 is 0. The fourth-order valence-corrected chi connectivity index (χ4v) is 6.08. The molecule has 1 unspecified atom stereocenters. The Kier molecular flexibility index (Phi) is 4.34. The average molecular weight is 321 g/mol. The number of rotatable bonds is 3. The highest BCUT2D eigenvalue weighted by Crippen LogP contribution is 2.48. The monoisotopic (exact) mass is 321 g/mol. The number of aryl methyl sites for hydroxylation is 1. The minimum Gasteiger partial charge on any atom is -0.207 e. The molecule has 0 amide bonds. The first-order valence-corrected chi connectivity index (χ1v) is 9.99. The van der Waals surface area contributed by atoms with Crippen molar-refractivity contribution in [1.29, 1.82) is 0 Å². The molecule has 3 nitrogen and oxygen atoms in total. The molecule has 1 aliphatic heterocycles. The molecule has 2 fully saturated rings. The van der Waals surface area contributed by atoms with E-state index in [1.54, 1.807) is 12.1 Å². The van der Waals surface area contributed by atoms with E-state index >= 15 is 0 Å². The number of sulfonamides is 1. The molecular weight excluding hydrogens is 294 g/mol. The van der Waals surface area contributed by atoms with Crippen LogP contribution in [0.15, 0.2) is 29.2 Å². The quantitative estimate of drug-likeness (QED) is 0.840. The Morgan fingerprint density at radius 1 is 1.14 bits per heavy atom. The van der Waals surface area contributed by atoms with Crippen LogP contribution in [0.25, 0.3) is 0 Å². The van der Waals surface area contributed by atoms with E-state index in [2.05, 4.69) is 6.92 Å². The fourth-order valence-electron chi connectivity index (χ4n) is 4.26. The molecule has 0 bridgehead atoms. The maximum absolute atomic E-state index is 13.1. The summed E-state index contributed by atoms with van der Waals surface area (Å²) in [4.78, 5) is 0.449. The summed E-state index contributed by atoms with van der Waals surface area (Å²) in [5.41, 5.74) is 1.34. The van der Waals surface area contributed by atoms with Crippen molar-refractivity contribution in [3.8, 4) is 0 Å². The van der Waals surface area contributed by atoms with Gasteiger partial charge in [-0.05, 0) is 50.2 Å². The summed E-state index contributed by atoms with van der Waals surface area (Å²) < 4.78 is 27.9. The molecule has 1 aromatic rings. The van der Waals surface area contributed by atoms with Crippen LogP contribution in [0.1, 0.15) is 57.4 Å². The van der Waals surface area contributed by atoms with Crippen LogP contribution >= 0.6 is 0 Å². The van der Waals surface area contributed by atoms with Gasteiger partial charge in [0, 0.05) is 12.6 Å². The third-order valence-corrected chi connectivity index (χ3v) is 7.49. The molecule has 1 saturated carbocycles. The van der Waals surface area contributed by atoms with E-state index < -0.39 is 10.0 Å². The van der Waals surface area contributed by atoms with Gasteiger partial charge in [0.1, 0.15) is 0 Å². The Bertz CT molecular complexity index is 615. The van der Waals surface area contributed by atoms with Crippen molar-refractivity contribution < 1.29 is 8.42 Å². The molecule has 1 aliphatic carbocycles. The molecule has 1 heterocycles. The van der Waals surface area contributed by atoms with Gasteiger partial charge in [0.2, 0.25) is 10.0 Å². The summed E-state index contributed by atoms with van der Waals surface area (Å²) in [6.45, 7) is 4.82. The maximum atomic E-state index is 13.1. The Labute approximate surface area is 134 Å². The molecule has 122 valence electrons. The van der Waals surface area contributed by atoms with Gasteiger partial charge in [-0.2, -0.15) is 4.31 Å². The number of hydrogen-bond donors (Lipinski definition) is 0. The van der Waals surface area contributed by atoms with Crippen molar-refractivity contribution in [3.05, 3.63) is 29.8 Å². The molecule has 1 atom stereocenters. The third-order valence-electron chi connectivity index (χ3n) is 5.58. The molecule has 0 N–H and O–H groups in total. The molecule has 1 aromatic carbocycles. The third kappa shape index (κ3) is 2.83. The number of nitrogens with zero attached hydrogens (tertiary/aromatic N) is 1. The largest absolute Gasteiger partial charge is 0.243 e. The lowest BCUT2D eigenvalue weighted by Crippen LogP contribution is -2.36. The summed E-state index contributed by atoms with van der Waals surface area (Å²) in [5, 5.41) is 0. The van der Waals surface area contributed by atoms with Crippen molar-refractivity contribution in [2.24, 2.45) is 5.41 Å². The fraction of sp³-hybridized carbons (Fsp3) is 0.667. The smallest absolute Gasteiger partial charge is 0.207 e. The van der Waals surface area contributed by atoms with E-state index in [9.17, 15) is 8.42 Å². The molecule has 0 aromatic heterocycles. The van der Waals surface area contributed by atoms with Gasteiger partial charge in [-0.1, -0.05) is 43.9 Å². The second-order valence-corrected chi connectivity index (χ2v) is 9.08. The van der Waals surface area contributed by atoms with Crippen LogP contribution in [0.2, 0.25) is 0 Å². The summed E-state index contributed by atoms with van der Waals surface area (Å²) in [6, 6.07) is 7.46. The van der Waals surface area contributed by atoms with Crippen molar-refractivity contribution in [2.75, 3.05) is 6.54 Å². The van der Waals surface area contributed by atoms with Crippen LogP contribution in [0.5, 0.6) is 0 Å². The van der Waals surface area contributed by atoms with Crippen molar-refractivity contribution in [2.45, 2.75) is 69.7 Å². The van der Waals surface area contributed by atoms with E-state index in [0.29, 0.717) is 4.90 Å². The Balaban J connectivity index is 1.90. The summed E-state index contributed by atoms with van der Waals surface area (Å²) in [6.07, 6.45) is 8.18. The molecule has 3 rings (SSSR count). The van der Waals surface area contributed by atoms with Gasteiger partial charge in [-0.15, -0.1) is 0 Å². The van der Waals surface area contributed by atoms with Crippen LogP contribution in [0.3, 0.4) is 0 Å². The maximum Gasteiger partial charge on any atom is 0.243 e. The van der Waals surface area contributed by atoms with Crippen LogP contribution < -0.4 is 0 Å². The zero-order chi connectivity index (χ0) is 15.8. The highest BCUT2D eigenvalue weighted by atomic mass is 32.2. The van der Waals surface area contributed by atoms with Gasteiger partial charge in [-0.3, -0.25) is 0 Å². The van der Waals surface area contributed by atoms with Crippen LogP contribution in [-0.2, 0) is 10.0 Å². The molecular formula is C18H27NO2S. The average Bonchev–Trinajstić information content (AvgIpc) is 2.87. The summed E-state index contributed by atoms with van der Waals surface area (Å²) in [7, 11) is -3.36. The highest BCUT2D eigenvalue weighted by Gasteiger charge is 2.48. The minimum absolute atomic E-state index is 0.171. The van der Waals surface area contributed by atoms with E-state index in [1.165, 1.54) is 32.1 Å². The lowest BCUT2D eigenvalue weighted by Gasteiger charge is -2.33. The second kappa shape index (κ2) is 5.97. The lowest BCUT2D eigenvalue weighted by molar-refractivity contribution is 0.204. The van der Waals surface area contributed by atoms with Gasteiger partial charge < -0.3 is 0 Å². The van der Waals surface area contributed by atoms with Crippen molar-refractivity contribution in [3.63, 3.8) is 0 Å². The van der Waals surface area contributed by atoms with E-state index in [1.807, 2.05) is 23.4 Å². The summed E-state index contributed by atoms with van der Waals surface area (Å²) in [5.74, 6) is 0. The SMILES string of the molecule is CCC1CC2(CCCCC2)CN1S(=O)(=O)c1ccc(C)cc1. The van der Waals surface area contributed by atoms with E-state index in [4.69, 9.17) is 0 Å². The standard InChI is InChI=1S/C18H27NO2S/c1-3-16-13-18(11-5-4-6-12-18)14-19(16)22(20,21)17-9-7-15(2)8-10-17/h7-10,16H,3-6,11-14H2,1-2H3. The zero-order valence-corrected chi connectivity index (χ0v) is 14.5. The zero-order valence-electron chi connectivity index (χ0n) is 13.7. The lowest BCUT2D eigenvalue weighted by atomic mass is 9.72. The predicted molar refractivity (Wildman–Crippen MR) is 89.3 cm³/mol. The van der Waals surface area contributed by atoms with E-state index in [0.717, 1.165) is 24.9 Å². The minimum atomic E-state index is -3.36. The molecule has 22 heavy (non-hydrogen) atoms. The van der Waals surface area contributed by atoms with Crippen LogP contribution in [0.4, 0.5) is 0 Å². The Morgan fingerprint density at radius 2 is 1.77 bits per heavy atom. The van der Waals surface area contributed by atoms with Gasteiger partial charge in [0.15, 0.2) is 0 Å². The second-order valence-electron chi connectivity index (χ2n) is 7.19. The molecule has 1 saturated heterocycles. The van der Waals surface area contributed by atoms with Crippen LogP contribution in [-0.4, -0.2) is 25.3 Å². The number of hydrogen-bond acceptors (Lipinski definition) is 2. The van der Waals surface area contributed by atoms with Gasteiger partial charge in [-0.25, -0.2) is 8.42 Å². The normalized spacial score (nSPS) is 25.6. The first-order valence-electron chi connectivity index (χ1n) is 8.55. The van der Waals surface area contributed by atoms with Crippen LogP contribution in [0, 0.1) is 12.3 Å². The first-order chi connectivity index (χ1) is 10.5. The Morgan fingerprint density at radius 3 is 2.36 bits per heavy atom. The van der Waals surface area contributed by atoms with Crippen molar-refractivity contribution in [1.82, 2.24) is 4.31 Å². The van der Waals surface area contributed by atoms with Gasteiger partial charge in [0.05, 0.1) is 4.90 Å². The number of benzene rings is 1. The topological polar surface area (TPSA) is 37.4 Å². The molecule has 2 aliphatic rings. The molecule has 1 spiro atoms. The predicted octanol–water partition coefficient (Wildman–Crippen LogP) is 4.12. The highest BCUT2D eigenvalue weighted by molar-refractivity contribution is 7.89. The Hall–Kier alpha value is -0.870.